The van der Waals surface area contributed by atoms with Crippen LogP contribution in [0.5, 0.6) is 0 Å². The molecular weight excluding hydrogens is 70.9 g/mol. The third-order valence-corrected chi connectivity index (χ3v) is 0.451. The summed E-state index contributed by atoms with van der Waals surface area (Å²) >= 11 is 0. The smallest absolute Gasteiger partial charge is 0.124 e. The van der Waals surface area contributed by atoms with Crippen molar-refractivity contribution in [1.82, 2.24) is 0 Å². The first-order chi connectivity index (χ1) is 2.77. The van der Waals surface area contributed by atoms with Gasteiger partial charge in [-0.05, 0) is 6.92 Å². The summed E-state index contributed by atoms with van der Waals surface area (Å²) in [6.45, 7) is 5.63. The lowest BCUT2D eigenvalue weighted by Gasteiger charge is -1.76. The first-order valence-electron chi connectivity index (χ1n) is 2.05. The third kappa shape index (κ3) is 3.54. The van der Waals surface area contributed by atoms with Gasteiger partial charge in [0.25, 0.3) is 0 Å². The minimum absolute atomic E-state index is 1.11. The molecule has 1 heteroatoms. The van der Waals surface area contributed by atoms with Gasteiger partial charge in [0.15, 0.2) is 0 Å². The standard InChI is InChI=1S/C5H9B/c1-5(2)3-4-6/h3-4H,1,6H2,2H3. The number of rotatable bonds is 1. The fourth-order valence-corrected chi connectivity index (χ4v) is 0.285. The van der Waals surface area contributed by atoms with Crippen LogP contribution >= 0.6 is 0 Å². The van der Waals surface area contributed by atoms with Gasteiger partial charge in [-0.2, -0.15) is 0 Å². The summed E-state index contributed by atoms with van der Waals surface area (Å²) in [5.74, 6) is 1.97. The van der Waals surface area contributed by atoms with Crippen LogP contribution in [-0.4, -0.2) is 7.85 Å². The predicted octanol–water partition coefficient (Wildman–Crippen LogP) is 0.709. The van der Waals surface area contributed by atoms with Gasteiger partial charge in [0.2, 0.25) is 0 Å². The van der Waals surface area contributed by atoms with Crippen molar-refractivity contribution < 1.29 is 0 Å². The van der Waals surface area contributed by atoms with E-state index >= 15 is 0 Å². The van der Waals surface area contributed by atoms with Crippen LogP contribution in [0.2, 0.25) is 0 Å². The fraction of sp³-hybridized carbons (Fsp3) is 0.200. The summed E-state index contributed by atoms with van der Waals surface area (Å²) in [6.07, 6.45) is 1.97. The highest BCUT2D eigenvalue weighted by molar-refractivity contribution is 6.17. The van der Waals surface area contributed by atoms with Crippen LogP contribution < -0.4 is 0 Å². The maximum atomic E-state index is 3.66. The molecule has 0 aliphatic heterocycles. The van der Waals surface area contributed by atoms with Crippen molar-refractivity contribution in [3.8, 4) is 0 Å². The van der Waals surface area contributed by atoms with Crippen LogP contribution in [0.15, 0.2) is 24.2 Å². The average molecular weight is 79.9 g/mol. The molecule has 0 nitrogen and oxygen atoms in total. The molecule has 0 spiro atoms. The van der Waals surface area contributed by atoms with E-state index in [9.17, 15) is 0 Å². The van der Waals surface area contributed by atoms with E-state index in [0.717, 1.165) is 5.57 Å². The summed E-state index contributed by atoms with van der Waals surface area (Å²) in [5.41, 5.74) is 1.11. The van der Waals surface area contributed by atoms with Crippen molar-refractivity contribution >= 4 is 7.85 Å². The highest BCUT2D eigenvalue weighted by Gasteiger charge is 1.63. The van der Waals surface area contributed by atoms with E-state index < -0.39 is 0 Å². The van der Waals surface area contributed by atoms with E-state index in [1.54, 1.807) is 0 Å². The molecule has 0 N–H and O–H groups in total. The molecule has 0 atom stereocenters. The fourth-order valence-electron chi connectivity index (χ4n) is 0.285. The van der Waals surface area contributed by atoms with E-state index in [1.165, 1.54) is 0 Å². The Hall–Kier alpha value is -0.455. The monoisotopic (exact) mass is 80.1 g/mol. The van der Waals surface area contributed by atoms with E-state index in [1.807, 2.05) is 26.8 Å². The van der Waals surface area contributed by atoms with Crippen LogP contribution in [0.25, 0.3) is 0 Å². The normalized spacial score (nSPS) is 9.50. The number of allylic oxidation sites excluding steroid dienone is 2. The van der Waals surface area contributed by atoms with Gasteiger partial charge in [-0.1, -0.05) is 18.2 Å². The molecule has 0 aliphatic rings. The second-order valence-electron chi connectivity index (χ2n) is 1.35. The van der Waals surface area contributed by atoms with Crippen molar-refractivity contribution in [2.45, 2.75) is 6.92 Å². The maximum Gasteiger partial charge on any atom is 0.129 e. The molecule has 0 unspecified atom stereocenters. The van der Waals surface area contributed by atoms with Crippen LogP contribution in [0.4, 0.5) is 0 Å². The quantitative estimate of drug-likeness (QED) is 0.321. The molecule has 0 aromatic carbocycles. The molecule has 0 saturated carbocycles. The van der Waals surface area contributed by atoms with Crippen LogP contribution in [0.1, 0.15) is 6.92 Å². The first kappa shape index (κ1) is 5.54. The van der Waals surface area contributed by atoms with Crippen LogP contribution in [-0.2, 0) is 0 Å². The van der Waals surface area contributed by atoms with Gasteiger partial charge in [0.05, 0.1) is 0 Å². The Morgan fingerprint density at radius 1 is 1.83 bits per heavy atom. The maximum absolute atomic E-state index is 3.66. The molecule has 0 saturated heterocycles. The van der Waals surface area contributed by atoms with Gasteiger partial charge in [-0.3, -0.25) is 0 Å². The molecule has 32 valence electrons. The number of hydrogen-bond acceptors (Lipinski definition) is 0. The van der Waals surface area contributed by atoms with Crippen LogP contribution in [0, 0.1) is 0 Å². The lowest BCUT2D eigenvalue weighted by molar-refractivity contribution is 1.57. The van der Waals surface area contributed by atoms with Crippen molar-refractivity contribution in [3.63, 3.8) is 0 Å². The topological polar surface area (TPSA) is 0 Å². The molecule has 0 aromatic heterocycles. The van der Waals surface area contributed by atoms with Crippen molar-refractivity contribution in [3.05, 3.63) is 24.2 Å². The minimum Gasteiger partial charge on any atom is -0.124 e. The largest absolute Gasteiger partial charge is 0.129 e. The summed E-state index contributed by atoms with van der Waals surface area (Å²) in [4.78, 5) is 0. The zero-order valence-electron chi connectivity index (χ0n) is 4.36. The summed E-state index contributed by atoms with van der Waals surface area (Å²) < 4.78 is 0. The molecule has 0 rings (SSSR count). The Morgan fingerprint density at radius 3 is 2.33 bits per heavy atom. The van der Waals surface area contributed by atoms with Gasteiger partial charge in [-0.15, -0.1) is 5.98 Å². The van der Waals surface area contributed by atoms with Gasteiger partial charge in [-0.25, -0.2) is 0 Å². The highest BCUT2D eigenvalue weighted by atomic mass is 13.7. The molecule has 6 heavy (non-hydrogen) atoms. The lowest BCUT2D eigenvalue weighted by atomic mass is 10.1. The van der Waals surface area contributed by atoms with E-state index in [4.69, 9.17) is 0 Å². The minimum atomic E-state index is 1.11. The van der Waals surface area contributed by atoms with Crippen LogP contribution in [0.3, 0.4) is 0 Å². The summed E-state index contributed by atoms with van der Waals surface area (Å²) in [6, 6.07) is 0. The summed E-state index contributed by atoms with van der Waals surface area (Å²) in [7, 11) is 1.98. The third-order valence-electron chi connectivity index (χ3n) is 0.451. The van der Waals surface area contributed by atoms with Gasteiger partial charge in [0, 0.05) is 0 Å². The van der Waals surface area contributed by atoms with E-state index in [0.29, 0.717) is 0 Å². The van der Waals surface area contributed by atoms with Crippen molar-refractivity contribution in [2.75, 3.05) is 0 Å². The lowest BCUT2D eigenvalue weighted by Crippen LogP contribution is -1.57. The van der Waals surface area contributed by atoms with Crippen molar-refractivity contribution in [1.29, 1.82) is 0 Å². The number of hydrogen-bond donors (Lipinski definition) is 0. The zero-order valence-corrected chi connectivity index (χ0v) is 4.36. The predicted molar refractivity (Wildman–Crippen MR) is 32.5 cm³/mol. The molecule has 0 aromatic rings. The van der Waals surface area contributed by atoms with Gasteiger partial charge in [0.1, 0.15) is 7.85 Å². The molecule has 0 amide bonds. The Kier molecular flexibility index (Phi) is 2.56. The van der Waals surface area contributed by atoms with E-state index in [-0.39, 0.29) is 0 Å². The highest BCUT2D eigenvalue weighted by Crippen LogP contribution is 1.83. The molecule has 0 radical (unpaired) electrons. The first-order valence-corrected chi connectivity index (χ1v) is 2.05. The van der Waals surface area contributed by atoms with E-state index in [2.05, 4.69) is 6.58 Å². The Bertz CT molecular complexity index is 72.0. The van der Waals surface area contributed by atoms with Crippen molar-refractivity contribution in [2.24, 2.45) is 0 Å². The molecule has 0 fully saturated rings. The molecule has 0 aliphatic carbocycles. The Labute approximate surface area is 40.0 Å². The molecule has 0 bridgehead atoms. The molecule has 0 heterocycles. The van der Waals surface area contributed by atoms with Gasteiger partial charge < -0.3 is 0 Å². The Balaban J connectivity index is 3.30. The zero-order chi connectivity index (χ0) is 4.99. The SMILES string of the molecule is BC=CC(=C)C. The second-order valence-corrected chi connectivity index (χ2v) is 1.35. The Morgan fingerprint density at radius 2 is 2.33 bits per heavy atom. The van der Waals surface area contributed by atoms with Gasteiger partial charge >= 0.3 is 0 Å². The summed E-state index contributed by atoms with van der Waals surface area (Å²) in [5, 5.41) is 0. The second kappa shape index (κ2) is 2.76. The average Bonchev–Trinajstić information content (AvgIpc) is 1.35. The molecular formula is C5H9B.